The number of hydrogen-bond donors (Lipinski definition) is 3. The maximum Gasteiger partial charge on any atom is 0.326 e. The molecule has 0 aromatic carbocycles. The topological polar surface area (TPSA) is 119 Å². The molecule has 0 saturated heterocycles. The molecule has 0 fully saturated rings. The molecule has 0 aliphatic heterocycles. The summed E-state index contributed by atoms with van der Waals surface area (Å²) in [6.45, 7) is 4.80. The Hall–Kier alpha value is -2.15. The molecule has 4 N–H and O–H groups in total. The lowest BCUT2D eigenvalue weighted by molar-refractivity contribution is -0.147. The van der Waals surface area contributed by atoms with Crippen LogP contribution >= 0.6 is 0 Å². The highest BCUT2D eigenvalue weighted by Crippen LogP contribution is 2.15. The van der Waals surface area contributed by atoms with Crippen LogP contribution in [0.4, 0.5) is 0 Å². The van der Waals surface area contributed by atoms with Crippen LogP contribution < -0.4 is 11.1 Å². The van der Waals surface area contributed by atoms with E-state index in [0.29, 0.717) is 38.6 Å². The summed E-state index contributed by atoms with van der Waals surface area (Å²) in [6.07, 6.45) is 28.1. The number of aliphatic carboxylic acids is 1. The van der Waals surface area contributed by atoms with Gasteiger partial charge in [0.15, 0.2) is 0 Å². The zero-order chi connectivity index (χ0) is 29.7. The highest BCUT2D eigenvalue weighted by atomic mass is 16.5. The Kier molecular flexibility index (Phi) is 26.9. The lowest BCUT2D eigenvalue weighted by Crippen LogP contribution is -2.40. The lowest BCUT2D eigenvalue weighted by Gasteiger charge is -2.15. The summed E-state index contributed by atoms with van der Waals surface area (Å²) >= 11 is 0. The number of esters is 1. The average Bonchev–Trinajstić information content (AvgIpc) is 2.93. The van der Waals surface area contributed by atoms with Crippen LogP contribution in [-0.4, -0.2) is 41.6 Å². The second kappa shape index (κ2) is 28.4. The Balaban J connectivity index is 4.34. The van der Waals surface area contributed by atoms with E-state index in [1.54, 1.807) is 0 Å². The number of carboxylic acid groups (broad SMARTS) is 1. The fourth-order valence-corrected chi connectivity index (χ4v) is 4.52. The largest absolute Gasteiger partial charge is 0.480 e. The van der Waals surface area contributed by atoms with Gasteiger partial charge in [-0.05, 0) is 64.0 Å². The summed E-state index contributed by atoms with van der Waals surface area (Å²) in [4.78, 5) is 35.9. The number of ether oxygens (including phenoxy) is 1. The minimum Gasteiger partial charge on any atom is -0.480 e. The van der Waals surface area contributed by atoms with E-state index in [-0.39, 0.29) is 18.0 Å². The molecule has 0 bridgehead atoms. The molecule has 0 saturated carbocycles. The van der Waals surface area contributed by atoms with Crippen LogP contribution in [0.3, 0.4) is 0 Å². The Morgan fingerprint density at radius 1 is 0.750 bits per heavy atom. The highest BCUT2D eigenvalue weighted by Gasteiger charge is 2.18. The first-order valence-corrected chi connectivity index (χ1v) is 16.2. The molecule has 232 valence electrons. The van der Waals surface area contributed by atoms with Crippen LogP contribution in [0.1, 0.15) is 149 Å². The highest BCUT2D eigenvalue weighted by molar-refractivity contribution is 5.83. The molecule has 0 rings (SSSR count). The number of unbranched alkanes of at least 4 members (excludes halogenated alkanes) is 12. The van der Waals surface area contributed by atoms with Gasteiger partial charge in [-0.3, -0.25) is 9.59 Å². The van der Waals surface area contributed by atoms with Crippen LogP contribution in [0.15, 0.2) is 24.3 Å². The zero-order valence-corrected chi connectivity index (χ0v) is 25.7. The van der Waals surface area contributed by atoms with Gasteiger partial charge < -0.3 is 20.9 Å². The van der Waals surface area contributed by atoms with Gasteiger partial charge in [-0.25, -0.2) is 4.79 Å². The maximum atomic E-state index is 12.5. The second-order valence-electron chi connectivity index (χ2n) is 10.9. The normalized spacial score (nSPS) is 13.1. The van der Waals surface area contributed by atoms with Crippen LogP contribution in [0, 0.1) is 0 Å². The van der Waals surface area contributed by atoms with Crippen molar-refractivity contribution >= 4 is 17.8 Å². The fourth-order valence-electron chi connectivity index (χ4n) is 4.52. The summed E-state index contributed by atoms with van der Waals surface area (Å²) in [5.74, 6) is -1.36. The van der Waals surface area contributed by atoms with Crippen molar-refractivity contribution in [2.75, 3.05) is 6.54 Å². The van der Waals surface area contributed by atoms with Crippen molar-refractivity contribution in [3.63, 3.8) is 0 Å². The Bertz CT molecular complexity index is 692. The number of nitrogens with two attached hydrogens (primary N) is 1. The van der Waals surface area contributed by atoms with Gasteiger partial charge in [0.25, 0.3) is 0 Å². The molecule has 7 heteroatoms. The lowest BCUT2D eigenvalue weighted by atomic mass is 10.1. The third-order valence-electron chi connectivity index (χ3n) is 6.98. The monoisotopic (exact) mass is 564 g/mol. The molecule has 7 nitrogen and oxygen atoms in total. The molecule has 0 radical (unpaired) electrons. The minimum absolute atomic E-state index is 0.113. The smallest absolute Gasteiger partial charge is 0.326 e. The summed E-state index contributed by atoms with van der Waals surface area (Å²) in [5, 5.41) is 11.8. The molecule has 0 aromatic heterocycles. The number of allylic oxidation sites excluding steroid dienone is 3. The molecule has 1 amide bonds. The Morgan fingerprint density at radius 3 is 2.00 bits per heavy atom. The first kappa shape index (κ1) is 37.9. The number of rotatable bonds is 28. The predicted octanol–water partition coefficient (Wildman–Crippen LogP) is 7.77. The Labute approximate surface area is 244 Å². The van der Waals surface area contributed by atoms with E-state index in [1.807, 2.05) is 6.08 Å². The number of carbonyl (C=O) groups is 3. The SMILES string of the molecule is CCC/C=C\C/C=C\C(CCCCCCC(=O)NC(CCCN)C(=O)O)OC(=O)CCCCCCCCCCC. The van der Waals surface area contributed by atoms with Crippen molar-refractivity contribution < 1.29 is 24.2 Å². The molecule has 0 aromatic rings. The van der Waals surface area contributed by atoms with E-state index < -0.39 is 12.0 Å². The van der Waals surface area contributed by atoms with Crippen LogP contribution in [-0.2, 0) is 19.1 Å². The standard InChI is InChI=1S/C33H60N2O5/c1-3-5-7-9-11-12-13-15-21-27-32(37)40-29(23-18-14-10-8-6-4-2)24-19-16-17-20-26-31(36)35-30(33(38)39)25-22-28-34/h8,10,18,23,29-30H,3-7,9,11-17,19-22,24-28,34H2,1-2H3,(H,35,36)(H,38,39)/b10-8-,23-18-. The number of carboxylic acids is 1. The third-order valence-corrected chi connectivity index (χ3v) is 6.98. The van der Waals surface area contributed by atoms with E-state index in [4.69, 9.17) is 10.5 Å². The number of carbonyl (C=O) groups excluding carboxylic acids is 2. The van der Waals surface area contributed by atoms with Gasteiger partial charge >= 0.3 is 11.9 Å². The van der Waals surface area contributed by atoms with Crippen LogP contribution in [0.25, 0.3) is 0 Å². The molecule has 2 atom stereocenters. The van der Waals surface area contributed by atoms with Crippen molar-refractivity contribution in [2.45, 2.75) is 161 Å². The van der Waals surface area contributed by atoms with Gasteiger partial charge in [-0.1, -0.05) is 103 Å². The number of hydrogen-bond acceptors (Lipinski definition) is 5. The summed E-state index contributed by atoms with van der Waals surface area (Å²) in [5.41, 5.74) is 5.45. The van der Waals surface area contributed by atoms with Crippen LogP contribution in [0.2, 0.25) is 0 Å². The first-order chi connectivity index (χ1) is 19.4. The van der Waals surface area contributed by atoms with Gasteiger partial charge in [-0.15, -0.1) is 0 Å². The molecule has 0 spiro atoms. The molecular formula is C33H60N2O5. The molecule has 0 aliphatic carbocycles. The summed E-state index contributed by atoms with van der Waals surface area (Å²) < 4.78 is 5.81. The van der Waals surface area contributed by atoms with Crippen LogP contribution in [0.5, 0.6) is 0 Å². The van der Waals surface area contributed by atoms with E-state index >= 15 is 0 Å². The van der Waals surface area contributed by atoms with Gasteiger partial charge in [0.1, 0.15) is 12.1 Å². The number of amides is 1. The van der Waals surface area contributed by atoms with E-state index in [2.05, 4.69) is 37.4 Å². The molecule has 40 heavy (non-hydrogen) atoms. The zero-order valence-electron chi connectivity index (χ0n) is 25.7. The molecule has 0 aliphatic rings. The van der Waals surface area contributed by atoms with Crippen molar-refractivity contribution in [3.8, 4) is 0 Å². The van der Waals surface area contributed by atoms with Crippen molar-refractivity contribution in [1.82, 2.24) is 5.32 Å². The van der Waals surface area contributed by atoms with Gasteiger partial charge in [-0.2, -0.15) is 0 Å². The third kappa shape index (κ3) is 24.9. The van der Waals surface area contributed by atoms with Gasteiger partial charge in [0.05, 0.1) is 0 Å². The summed E-state index contributed by atoms with van der Waals surface area (Å²) in [7, 11) is 0. The van der Waals surface area contributed by atoms with Crippen molar-refractivity contribution in [3.05, 3.63) is 24.3 Å². The second-order valence-corrected chi connectivity index (χ2v) is 10.9. The minimum atomic E-state index is -1.02. The predicted molar refractivity (Wildman–Crippen MR) is 165 cm³/mol. The van der Waals surface area contributed by atoms with E-state index in [0.717, 1.165) is 57.8 Å². The fraction of sp³-hybridized carbons (Fsp3) is 0.788. The Morgan fingerprint density at radius 2 is 1.38 bits per heavy atom. The van der Waals surface area contributed by atoms with Gasteiger partial charge in [0, 0.05) is 12.8 Å². The molecule has 0 heterocycles. The van der Waals surface area contributed by atoms with Gasteiger partial charge in [0.2, 0.25) is 5.91 Å². The van der Waals surface area contributed by atoms with Crippen molar-refractivity contribution in [2.24, 2.45) is 5.73 Å². The number of nitrogens with one attached hydrogen (secondary N) is 1. The van der Waals surface area contributed by atoms with E-state index in [1.165, 1.54) is 44.9 Å². The molecule has 2 unspecified atom stereocenters. The molecular weight excluding hydrogens is 504 g/mol. The summed E-state index contributed by atoms with van der Waals surface area (Å²) in [6, 6.07) is -0.870. The first-order valence-electron chi connectivity index (χ1n) is 16.2. The van der Waals surface area contributed by atoms with E-state index in [9.17, 15) is 19.5 Å². The maximum absolute atomic E-state index is 12.5. The van der Waals surface area contributed by atoms with Crippen molar-refractivity contribution in [1.29, 1.82) is 0 Å². The quantitative estimate of drug-likeness (QED) is 0.0507. The average molecular weight is 565 g/mol.